The lowest BCUT2D eigenvalue weighted by molar-refractivity contribution is 0.111. The maximum atomic E-state index is 10.5. The molecule has 0 aliphatic heterocycles. The number of benzene rings is 2. The number of rotatable bonds is 6. The van der Waals surface area contributed by atoms with E-state index in [1.54, 1.807) is 43.5 Å². The minimum absolute atomic E-state index is 0.481. The molecule has 2 aromatic carbocycles. The fraction of sp³-hybridized carbons (Fsp3) is 0.222. The van der Waals surface area contributed by atoms with E-state index in [1.807, 2.05) is 0 Å². The van der Waals surface area contributed by atoms with Gasteiger partial charge in [0.25, 0.3) is 0 Å². The van der Waals surface area contributed by atoms with Crippen molar-refractivity contribution in [3.8, 4) is 23.0 Å². The number of para-hydroxylation sites is 1. The molecule has 0 spiro atoms. The molecule has 6 heteroatoms. The van der Waals surface area contributed by atoms with E-state index >= 15 is 0 Å². The highest BCUT2D eigenvalue weighted by Crippen LogP contribution is 2.29. The summed E-state index contributed by atoms with van der Waals surface area (Å²) < 4.78 is 19.9. The third kappa shape index (κ3) is 4.74. The van der Waals surface area contributed by atoms with E-state index < -0.39 is 0 Å². The first-order valence-electron chi connectivity index (χ1n) is 6.98. The molecule has 0 atom stereocenters. The van der Waals surface area contributed by atoms with Crippen LogP contribution in [0.3, 0.4) is 0 Å². The predicted octanol–water partition coefficient (Wildman–Crippen LogP) is 3.03. The van der Waals surface area contributed by atoms with Crippen molar-refractivity contribution in [2.24, 2.45) is 0 Å². The molecule has 24 heavy (non-hydrogen) atoms. The van der Waals surface area contributed by atoms with Crippen LogP contribution in [0.1, 0.15) is 20.7 Å². The molecule has 0 radical (unpaired) electrons. The van der Waals surface area contributed by atoms with Crippen LogP contribution < -0.4 is 18.9 Å². The number of carbonyl (C=O) groups excluding carboxylic acids is 2. The quantitative estimate of drug-likeness (QED) is 0.757. The molecule has 0 saturated carbocycles. The van der Waals surface area contributed by atoms with Crippen molar-refractivity contribution in [3.05, 3.63) is 47.5 Å². The lowest BCUT2D eigenvalue weighted by Gasteiger charge is -2.07. The molecule has 0 bridgehead atoms. The number of methoxy groups -OCH3 is 4. The van der Waals surface area contributed by atoms with Gasteiger partial charge >= 0.3 is 0 Å². The van der Waals surface area contributed by atoms with Crippen molar-refractivity contribution in [1.82, 2.24) is 0 Å². The van der Waals surface area contributed by atoms with Crippen molar-refractivity contribution < 1.29 is 28.5 Å². The van der Waals surface area contributed by atoms with Crippen molar-refractivity contribution in [3.63, 3.8) is 0 Å². The fourth-order valence-corrected chi connectivity index (χ4v) is 1.92. The molecule has 0 aliphatic carbocycles. The maximum Gasteiger partial charge on any atom is 0.171 e. The molecule has 0 heterocycles. The highest BCUT2D eigenvalue weighted by atomic mass is 16.5. The molecule has 0 aromatic heterocycles. The standard InChI is InChI=1S/2C9H10O3/c1-11-8-4-3-7(6-10)9(5-8)12-2;1-11-8-5-3-4-7(6-10)9(8)12-2/h2*3-6H,1-2H3. The SMILES string of the molecule is COc1ccc(C=O)c(OC)c1.COc1cccc(C=O)c1OC. The number of carbonyl (C=O) groups is 2. The van der Waals surface area contributed by atoms with Gasteiger partial charge in [-0.25, -0.2) is 0 Å². The Morgan fingerprint density at radius 2 is 1.38 bits per heavy atom. The Morgan fingerprint density at radius 1 is 0.708 bits per heavy atom. The first-order valence-corrected chi connectivity index (χ1v) is 6.98. The molecule has 128 valence electrons. The molecule has 0 fully saturated rings. The van der Waals surface area contributed by atoms with E-state index in [0.29, 0.717) is 34.1 Å². The Bertz CT molecular complexity index is 681. The van der Waals surface area contributed by atoms with Gasteiger partial charge in [-0.1, -0.05) is 6.07 Å². The summed E-state index contributed by atoms with van der Waals surface area (Å²) in [7, 11) is 6.12. The normalized spacial score (nSPS) is 9.17. The third-order valence-corrected chi connectivity index (χ3v) is 3.13. The summed E-state index contributed by atoms with van der Waals surface area (Å²) in [5.74, 6) is 2.26. The second-order valence-corrected chi connectivity index (χ2v) is 4.43. The van der Waals surface area contributed by atoms with Crippen molar-refractivity contribution in [1.29, 1.82) is 0 Å². The Morgan fingerprint density at radius 3 is 1.88 bits per heavy atom. The average Bonchev–Trinajstić information content (AvgIpc) is 2.66. The highest BCUT2D eigenvalue weighted by molar-refractivity contribution is 5.81. The Labute approximate surface area is 140 Å². The van der Waals surface area contributed by atoms with Gasteiger partial charge in [0.05, 0.1) is 39.6 Å². The summed E-state index contributed by atoms with van der Waals surface area (Å²) in [5, 5.41) is 0. The van der Waals surface area contributed by atoms with E-state index in [4.69, 9.17) is 18.9 Å². The molecule has 0 amide bonds. The summed E-state index contributed by atoms with van der Waals surface area (Å²) in [4.78, 5) is 21.0. The van der Waals surface area contributed by atoms with E-state index in [9.17, 15) is 9.59 Å². The molecule has 0 unspecified atom stereocenters. The molecule has 0 N–H and O–H groups in total. The van der Waals surface area contributed by atoms with Gasteiger partial charge in [-0.15, -0.1) is 0 Å². The van der Waals surface area contributed by atoms with Gasteiger partial charge in [0.1, 0.15) is 11.5 Å². The van der Waals surface area contributed by atoms with E-state index in [0.717, 1.165) is 12.6 Å². The van der Waals surface area contributed by atoms with Crippen LogP contribution in [-0.2, 0) is 0 Å². The van der Waals surface area contributed by atoms with E-state index in [1.165, 1.54) is 21.3 Å². The van der Waals surface area contributed by atoms with Gasteiger partial charge in [-0.3, -0.25) is 9.59 Å². The van der Waals surface area contributed by atoms with Gasteiger partial charge in [-0.2, -0.15) is 0 Å². The first kappa shape index (κ1) is 19.0. The minimum atomic E-state index is 0.481. The van der Waals surface area contributed by atoms with Gasteiger partial charge in [0.15, 0.2) is 24.1 Å². The topological polar surface area (TPSA) is 71.1 Å². The van der Waals surface area contributed by atoms with Crippen LogP contribution in [0.15, 0.2) is 36.4 Å². The lowest BCUT2D eigenvalue weighted by Crippen LogP contribution is -1.94. The summed E-state index contributed by atoms with van der Waals surface area (Å²) in [6.07, 6.45) is 1.49. The van der Waals surface area contributed by atoms with Crippen molar-refractivity contribution in [2.75, 3.05) is 28.4 Å². The Kier molecular flexibility index (Phi) is 7.84. The van der Waals surface area contributed by atoms with Gasteiger partial charge < -0.3 is 18.9 Å². The summed E-state index contributed by atoms with van der Waals surface area (Å²) >= 11 is 0. The van der Waals surface area contributed by atoms with Crippen LogP contribution in [0.4, 0.5) is 0 Å². The van der Waals surface area contributed by atoms with E-state index in [-0.39, 0.29) is 0 Å². The van der Waals surface area contributed by atoms with Gasteiger partial charge in [0, 0.05) is 6.07 Å². The monoisotopic (exact) mass is 332 g/mol. The van der Waals surface area contributed by atoms with E-state index in [2.05, 4.69) is 0 Å². The largest absolute Gasteiger partial charge is 0.497 e. The zero-order valence-electron chi connectivity index (χ0n) is 14.1. The van der Waals surface area contributed by atoms with Crippen LogP contribution in [-0.4, -0.2) is 41.0 Å². The van der Waals surface area contributed by atoms with Crippen LogP contribution in [0.25, 0.3) is 0 Å². The molecule has 2 aromatic rings. The number of hydrogen-bond acceptors (Lipinski definition) is 6. The smallest absolute Gasteiger partial charge is 0.171 e. The number of hydrogen-bond donors (Lipinski definition) is 0. The Hall–Kier alpha value is -3.02. The van der Waals surface area contributed by atoms with Crippen LogP contribution in [0.5, 0.6) is 23.0 Å². The second-order valence-electron chi connectivity index (χ2n) is 4.43. The van der Waals surface area contributed by atoms with Crippen molar-refractivity contribution >= 4 is 12.6 Å². The third-order valence-electron chi connectivity index (χ3n) is 3.13. The van der Waals surface area contributed by atoms with Crippen molar-refractivity contribution in [2.45, 2.75) is 0 Å². The van der Waals surface area contributed by atoms with Crippen LogP contribution >= 0.6 is 0 Å². The predicted molar refractivity (Wildman–Crippen MR) is 89.9 cm³/mol. The zero-order chi connectivity index (χ0) is 17.9. The summed E-state index contributed by atoms with van der Waals surface area (Å²) in [6.45, 7) is 0. The second kappa shape index (κ2) is 9.89. The van der Waals surface area contributed by atoms with Crippen LogP contribution in [0.2, 0.25) is 0 Å². The van der Waals surface area contributed by atoms with Gasteiger partial charge in [0.2, 0.25) is 0 Å². The molecular weight excluding hydrogens is 312 g/mol. The number of ether oxygens (including phenoxy) is 4. The first-order chi connectivity index (χ1) is 11.6. The molecule has 0 saturated heterocycles. The molecular formula is C18H20O6. The number of aldehydes is 2. The molecule has 2 rings (SSSR count). The van der Waals surface area contributed by atoms with Crippen LogP contribution in [0, 0.1) is 0 Å². The minimum Gasteiger partial charge on any atom is -0.497 e. The zero-order valence-corrected chi connectivity index (χ0v) is 14.1. The highest BCUT2D eigenvalue weighted by Gasteiger charge is 2.07. The average molecular weight is 332 g/mol. The maximum absolute atomic E-state index is 10.5. The fourth-order valence-electron chi connectivity index (χ4n) is 1.92. The Balaban J connectivity index is 0.000000240. The lowest BCUT2D eigenvalue weighted by atomic mass is 10.2. The summed E-state index contributed by atoms with van der Waals surface area (Å²) in [5.41, 5.74) is 1.02. The molecule has 0 aliphatic rings. The van der Waals surface area contributed by atoms with Gasteiger partial charge in [-0.05, 0) is 24.3 Å². The molecule has 6 nitrogen and oxygen atoms in total. The summed E-state index contributed by atoms with van der Waals surface area (Å²) in [6, 6.07) is 10.2.